The number of carbonyl (C=O) groups is 2. The number of rotatable bonds is 2. The number of carbonyl (C=O) groups excluding carboxylic acids is 2. The average Bonchev–Trinajstić information content (AvgIpc) is 2.90. The molecule has 1 aromatic heterocycles. The Morgan fingerprint density at radius 3 is 2.48 bits per heavy atom. The maximum atomic E-state index is 14.6. The standard InChI is InChI=1S/C16H16ClFN2O.C4H5NO/c1-8-14(17)13-12(9-5-3-2-4-6-9)11(18)7-10(16(19)21)15(13)20-8;1-2-3-4(5)6/h5,7,20H,2-4,6H2,1H3,(H2,19,21);1H3,(H2,5,6). The minimum atomic E-state index is -0.666. The van der Waals surface area contributed by atoms with Crippen LogP contribution in [0.5, 0.6) is 0 Å². The van der Waals surface area contributed by atoms with Gasteiger partial charge in [-0.05, 0) is 57.1 Å². The van der Waals surface area contributed by atoms with Crippen LogP contribution in [0.1, 0.15) is 54.2 Å². The lowest BCUT2D eigenvalue weighted by Gasteiger charge is -2.16. The fourth-order valence-electron chi connectivity index (χ4n) is 3.13. The number of aryl methyl sites for hydroxylation is 1. The monoisotopic (exact) mass is 389 g/mol. The highest BCUT2D eigenvalue weighted by Gasteiger charge is 2.23. The number of nitrogens with two attached hydrogens (primary N) is 2. The lowest BCUT2D eigenvalue weighted by Crippen LogP contribution is -2.13. The van der Waals surface area contributed by atoms with Crippen molar-refractivity contribution in [1.82, 2.24) is 4.98 Å². The molecule has 0 radical (unpaired) electrons. The van der Waals surface area contributed by atoms with Gasteiger partial charge < -0.3 is 16.5 Å². The van der Waals surface area contributed by atoms with Crippen molar-refractivity contribution in [3.8, 4) is 11.8 Å². The van der Waals surface area contributed by atoms with E-state index in [0.29, 0.717) is 27.2 Å². The number of allylic oxidation sites excluding steroid dienone is 2. The molecule has 1 aliphatic carbocycles. The summed E-state index contributed by atoms with van der Waals surface area (Å²) in [6.07, 6.45) is 5.97. The molecule has 0 saturated heterocycles. The van der Waals surface area contributed by atoms with Gasteiger partial charge in [-0.1, -0.05) is 23.6 Å². The van der Waals surface area contributed by atoms with Crippen LogP contribution in [0.25, 0.3) is 16.5 Å². The Kier molecular flexibility index (Phi) is 6.65. The van der Waals surface area contributed by atoms with E-state index in [0.717, 1.165) is 31.3 Å². The third kappa shape index (κ3) is 4.50. The number of aromatic nitrogens is 1. The summed E-state index contributed by atoms with van der Waals surface area (Å²) in [5.74, 6) is 2.76. The van der Waals surface area contributed by atoms with Crippen LogP contribution in [-0.4, -0.2) is 16.8 Å². The first-order chi connectivity index (χ1) is 12.8. The molecular formula is C20H21ClFN3O2. The Morgan fingerprint density at radius 2 is 2.00 bits per heavy atom. The van der Waals surface area contributed by atoms with Crippen LogP contribution in [0, 0.1) is 24.6 Å². The van der Waals surface area contributed by atoms with Crippen LogP contribution in [0.2, 0.25) is 5.02 Å². The highest BCUT2D eigenvalue weighted by atomic mass is 35.5. The van der Waals surface area contributed by atoms with Crippen LogP contribution >= 0.6 is 11.6 Å². The van der Waals surface area contributed by atoms with Gasteiger partial charge in [-0.2, -0.15) is 0 Å². The Hall–Kier alpha value is -2.78. The van der Waals surface area contributed by atoms with E-state index in [9.17, 15) is 14.0 Å². The highest BCUT2D eigenvalue weighted by molar-refractivity contribution is 6.37. The number of fused-ring (bicyclic) bond motifs is 1. The highest BCUT2D eigenvalue weighted by Crippen LogP contribution is 2.39. The Morgan fingerprint density at radius 1 is 1.30 bits per heavy atom. The van der Waals surface area contributed by atoms with Crippen LogP contribution in [0.4, 0.5) is 4.39 Å². The third-order valence-electron chi connectivity index (χ3n) is 4.27. The number of amides is 2. The molecule has 2 aromatic rings. The molecule has 142 valence electrons. The van der Waals surface area contributed by atoms with E-state index in [1.54, 1.807) is 13.8 Å². The first-order valence-corrected chi connectivity index (χ1v) is 8.87. The fourth-order valence-corrected chi connectivity index (χ4v) is 3.36. The summed E-state index contributed by atoms with van der Waals surface area (Å²) in [4.78, 5) is 24.3. The number of hydrogen-bond acceptors (Lipinski definition) is 2. The summed E-state index contributed by atoms with van der Waals surface area (Å²) in [6.45, 7) is 3.36. The molecule has 1 aliphatic rings. The van der Waals surface area contributed by atoms with Gasteiger partial charge in [0.2, 0.25) is 0 Å². The van der Waals surface area contributed by atoms with Crippen molar-refractivity contribution in [2.24, 2.45) is 11.5 Å². The van der Waals surface area contributed by atoms with Crippen LogP contribution in [-0.2, 0) is 4.79 Å². The van der Waals surface area contributed by atoms with Gasteiger partial charge in [-0.25, -0.2) is 4.39 Å². The van der Waals surface area contributed by atoms with Crippen LogP contribution in [0.15, 0.2) is 12.1 Å². The van der Waals surface area contributed by atoms with Crippen molar-refractivity contribution in [2.45, 2.75) is 39.5 Å². The smallest absolute Gasteiger partial charge is 0.293 e. The lowest BCUT2D eigenvalue weighted by atomic mass is 9.90. The van der Waals surface area contributed by atoms with E-state index in [4.69, 9.17) is 17.3 Å². The van der Waals surface area contributed by atoms with E-state index in [2.05, 4.69) is 28.6 Å². The largest absolute Gasteiger partial charge is 0.366 e. The summed E-state index contributed by atoms with van der Waals surface area (Å²) >= 11 is 6.34. The number of benzene rings is 1. The summed E-state index contributed by atoms with van der Waals surface area (Å²) in [5, 5.41) is 1.02. The van der Waals surface area contributed by atoms with Gasteiger partial charge in [-0.3, -0.25) is 9.59 Å². The maximum absolute atomic E-state index is 14.6. The maximum Gasteiger partial charge on any atom is 0.293 e. The molecule has 3 rings (SSSR count). The Balaban J connectivity index is 0.000000380. The lowest BCUT2D eigenvalue weighted by molar-refractivity contribution is -0.112. The summed E-state index contributed by atoms with van der Waals surface area (Å²) in [7, 11) is 0. The Labute approximate surface area is 161 Å². The summed E-state index contributed by atoms with van der Waals surface area (Å²) < 4.78 is 14.6. The van der Waals surface area contributed by atoms with E-state index >= 15 is 0 Å². The number of aromatic amines is 1. The minimum Gasteiger partial charge on any atom is -0.366 e. The second-order valence-corrected chi connectivity index (χ2v) is 6.55. The predicted octanol–water partition coefficient (Wildman–Crippen LogP) is 3.82. The second kappa shape index (κ2) is 8.74. The average molecular weight is 390 g/mol. The van der Waals surface area contributed by atoms with Gasteiger partial charge in [0.15, 0.2) is 0 Å². The molecule has 0 atom stereocenters. The number of hydrogen-bond donors (Lipinski definition) is 3. The zero-order valence-corrected chi connectivity index (χ0v) is 16.0. The zero-order chi connectivity index (χ0) is 20.1. The summed E-state index contributed by atoms with van der Waals surface area (Å²) in [6, 6.07) is 1.21. The second-order valence-electron chi connectivity index (χ2n) is 6.17. The Bertz CT molecular complexity index is 996. The van der Waals surface area contributed by atoms with Crippen molar-refractivity contribution < 1.29 is 14.0 Å². The van der Waals surface area contributed by atoms with Crippen molar-refractivity contribution in [2.75, 3.05) is 0 Å². The summed E-state index contributed by atoms with van der Waals surface area (Å²) in [5.41, 5.74) is 12.8. The van der Waals surface area contributed by atoms with Gasteiger partial charge in [0.25, 0.3) is 11.8 Å². The number of nitrogens with one attached hydrogen (secondary N) is 1. The van der Waals surface area contributed by atoms with Gasteiger partial charge in [0.05, 0.1) is 16.1 Å². The molecular weight excluding hydrogens is 369 g/mol. The molecule has 0 fully saturated rings. The molecule has 0 unspecified atom stereocenters. The quantitative estimate of drug-likeness (QED) is 0.680. The molecule has 0 bridgehead atoms. The first kappa shape index (κ1) is 20.5. The van der Waals surface area contributed by atoms with Crippen molar-refractivity contribution in [3.63, 3.8) is 0 Å². The molecule has 2 amide bonds. The number of halogens is 2. The van der Waals surface area contributed by atoms with Crippen LogP contribution < -0.4 is 11.5 Å². The van der Waals surface area contributed by atoms with Crippen molar-refractivity contribution >= 4 is 39.9 Å². The van der Waals surface area contributed by atoms with Gasteiger partial charge in [-0.15, -0.1) is 0 Å². The van der Waals surface area contributed by atoms with Crippen LogP contribution in [0.3, 0.4) is 0 Å². The van der Waals surface area contributed by atoms with Crippen molar-refractivity contribution in [3.05, 3.63) is 39.8 Å². The number of primary amides is 2. The molecule has 5 nitrogen and oxygen atoms in total. The topological polar surface area (TPSA) is 102 Å². The molecule has 1 aromatic carbocycles. The fraction of sp³-hybridized carbons (Fsp3) is 0.300. The molecule has 0 saturated carbocycles. The normalized spacial score (nSPS) is 13.1. The van der Waals surface area contributed by atoms with E-state index < -0.39 is 17.6 Å². The molecule has 27 heavy (non-hydrogen) atoms. The van der Waals surface area contributed by atoms with E-state index in [1.807, 2.05) is 0 Å². The van der Waals surface area contributed by atoms with E-state index in [1.165, 1.54) is 6.07 Å². The molecule has 5 N–H and O–H groups in total. The zero-order valence-electron chi connectivity index (χ0n) is 15.2. The van der Waals surface area contributed by atoms with Gasteiger partial charge in [0.1, 0.15) is 5.82 Å². The minimum absolute atomic E-state index is 0.137. The van der Waals surface area contributed by atoms with Crippen molar-refractivity contribution in [1.29, 1.82) is 0 Å². The molecule has 1 heterocycles. The molecule has 0 aliphatic heterocycles. The molecule has 7 heteroatoms. The number of H-pyrrole nitrogens is 1. The van der Waals surface area contributed by atoms with Gasteiger partial charge in [0, 0.05) is 16.6 Å². The van der Waals surface area contributed by atoms with E-state index in [-0.39, 0.29) is 5.56 Å². The van der Waals surface area contributed by atoms with Gasteiger partial charge >= 0.3 is 0 Å². The SMILES string of the molecule is CC#CC(N)=O.Cc1[nH]c2c(C(N)=O)cc(F)c(C3=CCCCC3)c2c1Cl. The first-order valence-electron chi connectivity index (χ1n) is 8.49. The third-order valence-corrected chi connectivity index (χ3v) is 4.74. The predicted molar refractivity (Wildman–Crippen MR) is 106 cm³/mol. The molecule has 0 spiro atoms.